The van der Waals surface area contributed by atoms with E-state index in [-0.39, 0.29) is 11.6 Å². The summed E-state index contributed by atoms with van der Waals surface area (Å²) in [4.78, 5) is 15.1. The molecule has 76 valence electrons. The Labute approximate surface area is 81.3 Å². The predicted molar refractivity (Wildman–Crippen MR) is 49.3 cm³/mol. The van der Waals surface area contributed by atoms with Crippen molar-refractivity contribution in [3.8, 4) is 0 Å². The minimum absolute atomic E-state index is 0.0963. The first-order valence-corrected chi connectivity index (χ1v) is 4.19. The van der Waals surface area contributed by atoms with E-state index in [2.05, 4.69) is 10.3 Å². The molecule has 1 rings (SSSR count). The first-order valence-electron chi connectivity index (χ1n) is 4.19. The number of nitrogens with one attached hydrogen (secondary N) is 1. The largest absolute Gasteiger partial charge is 0.618 e. The summed E-state index contributed by atoms with van der Waals surface area (Å²) >= 11 is 0. The van der Waals surface area contributed by atoms with Crippen molar-refractivity contribution in [3.63, 3.8) is 0 Å². The highest BCUT2D eigenvalue weighted by molar-refractivity contribution is 5.91. The molecule has 3 N–H and O–H groups in total. The van der Waals surface area contributed by atoms with Crippen LogP contribution in [-0.4, -0.2) is 24.0 Å². The van der Waals surface area contributed by atoms with Crippen molar-refractivity contribution < 1.29 is 9.52 Å². The summed E-state index contributed by atoms with van der Waals surface area (Å²) in [5, 5.41) is 13.6. The Morgan fingerprint density at radius 2 is 2.50 bits per heavy atom. The Morgan fingerprint density at radius 1 is 1.79 bits per heavy atom. The van der Waals surface area contributed by atoms with Gasteiger partial charge in [-0.1, -0.05) is 0 Å². The molecule has 14 heavy (non-hydrogen) atoms. The topological polar surface area (TPSA) is 95.0 Å². The second kappa shape index (κ2) is 4.52. The quantitative estimate of drug-likeness (QED) is 0.464. The van der Waals surface area contributed by atoms with Crippen LogP contribution in [0.25, 0.3) is 0 Å². The Morgan fingerprint density at radius 3 is 3.07 bits per heavy atom. The van der Waals surface area contributed by atoms with Gasteiger partial charge in [-0.25, -0.2) is 4.98 Å². The number of nitrogens with zero attached hydrogens (tertiary/aromatic N) is 2. The molecule has 1 aromatic heterocycles. The maximum atomic E-state index is 11.3. The second-order valence-corrected chi connectivity index (χ2v) is 2.78. The first-order chi connectivity index (χ1) is 6.65. The summed E-state index contributed by atoms with van der Waals surface area (Å²) in [5.74, 6) is -0.389. The summed E-state index contributed by atoms with van der Waals surface area (Å²) < 4.78 is 0.602. The van der Waals surface area contributed by atoms with Gasteiger partial charge < -0.3 is 16.3 Å². The highest BCUT2D eigenvalue weighted by Crippen LogP contribution is 1.91. The Bertz CT molecular complexity index is 340. The number of nitrogens with two attached hydrogens (primary N) is 1. The molecule has 0 aliphatic heterocycles. The van der Waals surface area contributed by atoms with Gasteiger partial charge >= 0.3 is 0 Å². The van der Waals surface area contributed by atoms with Crippen LogP contribution in [0.4, 0.5) is 0 Å². The Balaban J connectivity index is 2.76. The molecule has 0 spiro atoms. The van der Waals surface area contributed by atoms with Gasteiger partial charge in [0.15, 0.2) is 5.69 Å². The van der Waals surface area contributed by atoms with Crippen molar-refractivity contribution in [2.45, 2.75) is 6.92 Å². The van der Waals surface area contributed by atoms with Gasteiger partial charge in [0.1, 0.15) is 0 Å². The minimum Gasteiger partial charge on any atom is -0.618 e. The molecule has 0 aromatic carbocycles. The van der Waals surface area contributed by atoms with Crippen LogP contribution >= 0.6 is 0 Å². The van der Waals surface area contributed by atoms with Crippen molar-refractivity contribution in [1.29, 1.82) is 0 Å². The van der Waals surface area contributed by atoms with Gasteiger partial charge in [0, 0.05) is 20.0 Å². The van der Waals surface area contributed by atoms with E-state index >= 15 is 0 Å². The van der Waals surface area contributed by atoms with E-state index in [0.29, 0.717) is 23.5 Å². The fraction of sp³-hybridized carbons (Fsp3) is 0.375. The number of amides is 1. The number of carbonyl (C=O) groups is 1. The summed E-state index contributed by atoms with van der Waals surface area (Å²) in [6.45, 7) is 2.34. The lowest BCUT2D eigenvalue weighted by atomic mass is 10.4. The third kappa shape index (κ3) is 2.40. The van der Waals surface area contributed by atoms with Gasteiger partial charge in [0.05, 0.1) is 6.20 Å². The number of carbonyl (C=O) groups excluding carboxylic acids is 1. The third-order valence-electron chi connectivity index (χ3n) is 1.64. The fourth-order valence-corrected chi connectivity index (χ4v) is 0.860. The van der Waals surface area contributed by atoms with E-state index in [0.717, 1.165) is 6.20 Å². The minimum atomic E-state index is -0.389. The summed E-state index contributed by atoms with van der Waals surface area (Å²) in [7, 11) is 0. The van der Waals surface area contributed by atoms with E-state index in [1.807, 2.05) is 0 Å². The lowest BCUT2D eigenvalue weighted by Crippen LogP contribution is -2.35. The molecule has 0 aliphatic rings. The zero-order valence-corrected chi connectivity index (χ0v) is 7.86. The van der Waals surface area contributed by atoms with Crippen LogP contribution in [0.5, 0.6) is 0 Å². The van der Waals surface area contributed by atoms with Crippen LogP contribution in [0.2, 0.25) is 0 Å². The summed E-state index contributed by atoms with van der Waals surface area (Å²) in [6, 6.07) is 0. The van der Waals surface area contributed by atoms with Crippen LogP contribution in [0.3, 0.4) is 0 Å². The zero-order chi connectivity index (χ0) is 10.6. The molecule has 0 fully saturated rings. The first kappa shape index (κ1) is 10.4. The van der Waals surface area contributed by atoms with Gasteiger partial charge in [0.25, 0.3) is 5.91 Å². The monoisotopic (exact) mass is 196 g/mol. The molecule has 6 nitrogen and oxygen atoms in total. The van der Waals surface area contributed by atoms with E-state index in [4.69, 9.17) is 5.73 Å². The van der Waals surface area contributed by atoms with Crippen molar-refractivity contribution >= 4 is 5.91 Å². The van der Waals surface area contributed by atoms with E-state index in [9.17, 15) is 10.0 Å². The molecule has 0 aliphatic carbocycles. The van der Waals surface area contributed by atoms with Crippen LogP contribution in [-0.2, 0) is 0 Å². The molecule has 0 bridgehead atoms. The Hall–Kier alpha value is -1.69. The molecule has 1 heterocycles. The van der Waals surface area contributed by atoms with Gasteiger partial charge in [-0.05, 0) is 0 Å². The lowest BCUT2D eigenvalue weighted by molar-refractivity contribution is -0.613. The van der Waals surface area contributed by atoms with Crippen LogP contribution in [0.1, 0.15) is 16.2 Å². The normalized spacial score (nSPS) is 9.86. The lowest BCUT2D eigenvalue weighted by Gasteiger charge is -2.03. The molecule has 0 saturated heterocycles. The molecule has 0 unspecified atom stereocenters. The number of rotatable bonds is 3. The van der Waals surface area contributed by atoms with Crippen molar-refractivity contribution in [2.75, 3.05) is 13.1 Å². The molecular formula is C8H12N4O2. The number of hydrogen-bond acceptors (Lipinski definition) is 4. The van der Waals surface area contributed by atoms with Gasteiger partial charge in [-0.3, -0.25) is 4.79 Å². The van der Waals surface area contributed by atoms with Gasteiger partial charge in [0.2, 0.25) is 11.9 Å². The fourth-order valence-electron chi connectivity index (χ4n) is 0.860. The van der Waals surface area contributed by atoms with Crippen molar-refractivity contribution in [3.05, 3.63) is 29.0 Å². The Kier molecular flexibility index (Phi) is 3.35. The second-order valence-electron chi connectivity index (χ2n) is 2.78. The zero-order valence-electron chi connectivity index (χ0n) is 7.86. The highest BCUT2D eigenvalue weighted by atomic mass is 16.5. The molecule has 1 amide bonds. The summed E-state index contributed by atoms with van der Waals surface area (Å²) in [6.07, 6.45) is 2.49. The van der Waals surface area contributed by atoms with E-state index in [1.54, 1.807) is 6.92 Å². The van der Waals surface area contributed by atoms with Crippen LogP contribution in [0, 0.1) is 12.1 Å². The third-order valence-corrected chi connectivity index (χ3v) is 1.64. The number of aryl methyl sites for hydroxylation is 1. The van der Waals surface area contributed by atoms with E-state index in [1.165, 1.54) is 6.20 Å². The van der Waals surface area contributed by atoms with Crippen molar-refractivity contribution in [1.82, 2.24) is 10.3 Å². The van der Waals surface area contributed by atoms with Crippen LogP contribution in [0.15, 0.2) is 12.4 Å². The van der Waals surface area contributed by atoms with Crippen molar-refractivity contribution in [2.24, 2.45) is 5.73 Å². The molecule has 0 atom stereocenters. The maximum Gasteiger partial charge on any atom is 0.276 e. The highest BCUT2D eigenvalue weighted by Gasteiger charge is 2.10. The number of hydrogen-bond donors (Lipinski definition) is 2. The van der Waals surface area contributed by atoms with Gasteiger partial charge in [-0.15, -0.1) is 0 Å². The molecule has 0 saturated carbocycles. The van der Waals surface area contributed by atoms with Crippen LogP contribution < -0.4 is 15.8 Å². The van der Waals surface area contributed by atoms with E-state index < -0.39 is 0 Å². The maximum absolute atomic E-state index is 11.3. The standard InChI is InChI=1S/C8H12N4O2/c1-6-4-11-7(5-12(6)14)8(13)10-3-2-9/h4-5H,2-3,9H2,1H3,(H,10,13). The van der Waals surface area contributed by atoms with Gasteiger partial charge in [-0.2, -0.15) is 4.73 Å². The number of aromatic nitrogens is 2. The molecule has 1 aromatic rings. The average Bonchev–Trinajstić information content (AvgIpc) is 2.18. The smallest absolute Gasteiger partial charge is 0.276 e. The summed E-state index contributed by atoms with van der Waals surface area (Å²) in [5.41, 5.74) is 5.75. The SMILES string of the molecule is Cc1cnc(C(=O)NCCN)c[n+]1[O-]. The molecular weight excluding hydrogens is 184 g/mol. The molecule has 6 heteroatoms. The molecule has 0 radical (unpaired) electrons. The average molecular weight is 196 g/mol. The predicted octanol–water partition coefficient (Wildman–Crippen LogP) is -1.29.